The van der Waals surface area contributed by atoms with E-state index in [9.17, 15) is 9.90 Å². The lowest BCUT2D eigenvalue weighted by atomic mass is 10.1. The van der Waals surface area contributed by atoms with E-state index < -0.39 is 17.8 Å². The molecule has 0 bridgehead atoms. The van der Waals surface area contributed by atoms with E-state index in [2.05, 4.69) is 22.3 Å². The zero-order chi connectivity index (χ0) is 23.2. The lowest BCUT2D eigenvalue weighted by Gasteiger charge is -2.15. The second-order valence-corrected chi connectivity index (χ2v) is 10.7. The van der Waals surface area contributed by atoms with Crippen LogP contribution in [-0.4, -0.2) is 16.4 Å². The quantitative estimate of drug-likeness (QED) is 0.309. The predicted octanol–water partition coefficient (Wildman–Crippen LogP) is 6.60. The summed E-state index contributed by atoms with van der Waals surface area (Å²) in [5.74, 6) is 6.50. The number of aliphatic hydroxyl groups is 1. The van der Waals surface area contributed by atoms with Crippen LogP contribution in [0.4, 0.5) is 10.5 Å². The number of halogens is 1. The summed E-state index contributed by atoms with van der Waals surface area (Å²) in [6.45, 7) is 3.44. The Bertz CT molecular complexity index is 1390. The molecule has 5 rings (SSSR count). The van der Waals surface area contributed by atoms with Crippen molar-refractivity contribution in [2.45, 2.75) is 38.4 Å². The van der Waals surface area contributed by atoms with E-state index in [-0.39, 0.29) is 0 Å². The molecule has 1 aliphatic carbocycles. The number of aryl methyl sites for hydroxylation is 1. The molecule has 0 aliphatic heterocycles. The van der Waals surface area contributed by atoms with Crippen LogP contribution >= 0.6 is 34.3 Å². The molecular weight excluding hydrogens is 480 g/mol. The van der Waals surface area contributed by atoms with Crippen molar-refractivity contribution in [1.29, 1.82) is 0 Å². The zero-order valence-corrected chi connectivity index (χ0v) is 20.2. The fraction of sp³-hybridized carbons (Fsp3) is 0.250. The fourth-order valence-corrected chi connectivity index (χ4v) is 6.11. The first-order valence-corrected chi connectivity index (χ1v) is 12.3. The molecule has 2 N–H and O–H groups in total. The Morgan fingerprint density at radius 1 is 1.30 bits per heavy atom. The van der Waals surface area contributed by atoms with Gasteiger partial charge < -0.3 is 14.4 Å². The van der Waals surface area contributed by atoms with Crippen LogP contribution in [0.3, 0.4) is 0 Å². The topological polar surface area (TPSA) is 84.6 Å². The first kappa shape index (κ1) is 22.0. The molecule has 0 radical (unpaired) electrons. The molecular formula is C24H19ClN2O4S2. The molecule has 1 amide bonds. The number of carbonyl (C=O) groups excluding carboxylic acids is 1. The molecule has 33 heavy (non-hydrogen) atoms. The number of nitrogens with one attached hydrogen (secondary N) is 1. The Labute approximate surface area is 203 Å². The number of carbonyl (C=O) groups is 1. The number of aromatic nitrogens is 1. The molecule has 1 aromatic carbocycles. The summed E-state index contributed by atoms with van der Waals surface area (Å²) in [4.78, 5) is 14.4. The number of nitrogens with zero attached hydrogens (tertiary/aromatic N) is 1. The van der Waals surface area contributed by atoms with Crippen molar-refractivity contribution in [3.63, 3.8) is 0 Å². The van der Waals surface area contributed by atoms with Gasteiger partial charge in [0.2, 0.25) is 0 Å². The number of hydrogen-bond donors (Lipinski definition) is 2. The van der Waals surface area contributed by atoms with E-state index in [0.29, 0.717) is 27.7 Å². The molecule has 1 fully saturated rings. The first-order valence-electron chi connectivity index (χ1n) is 10.3. The SMILES string of the molecule is Cc1onc(C#Cc2cc3cc(C4(O)CC4)sc3s2)c1NC(=O)OC(C)c1ccccc1Cl. The molecule has 9 heteroatoms. The van der Waals surface area contributed by atoms with Crippen LogP contribution in [0.25, 0.3) is 9.40 Å². The second kappa shape index (κ2) is 8.50. The fourth-order valence-electron chi connectivity index (χ4n) is 3.38. The molecule has 1 aliphatic rings. The van der Waals surface area contributed by atoms with E-state index in [1.807, 2.05) is 30.3 Å². The minimum absolute atomic E-state index is 0.319. The third-order valence-corrected chi connectivity index (χ3v) is 8.26. The van der Waals surface area contributed by atoms with E-state index >= 15 is 0 Å². The zero-order valence-electron chi connectivity index (χ0n) is 17.8. The monoisotopic (exact) mass is 498 g/mol. The van der Waals surface area contributed by atoms with Gasteiger partial charge in [0.25, 0.3) is 0 Å². The highest BCUT2D eigenvalue weighted by Gasteiger charge is 2.43. The van der Waals surface area contributed by atoms with Crippen molar-refractivity contribution in [2.75, 3.05) is 5.32 Å². The van der Waals surface area contributed by atoms with Gasteiger partial charge in [-0.1, -0.05) is 35.0 Å². The maximum absolute atomic E-state index is 12.5. The van der Waals surface area contributed by atoms with Gasteiger partial charge in [-0.2, -0.15) is 0 Å². The molecule has 3 heterocycles. The summed E-state index contributed by atoms with van der Waals surface area (Å²) in [5, 5.41) is 18.6. The summed E-state index contributed by atoms with van der Waals surface area (Å²) in [5.41, 5.74) is 0.785. The van der Waals surface area contributed by atoms with Crippen molar-refractivity contribution < 1.29 is 19.2 Å². The Kier molecular flexibility index (Phi) is 5.67. The molecule has 1 unspecified atom stereocenters. The van der Waals surface area contributed by atoms with Crippen molar-refractivity contribution in [1.82, 2.24) is 5.16 Å². The summed E-state index contributed by atoms with van der Waals surface area (Å²) in [6, 6.07) is 11.2. The van der Waals surface area contributed by atoms with Gasteiger partial charge in [-0.3, -0.25) is 5.32 Å². The molecule has 168 valence electrons. The van der Waals surface area contributed by atoms with Crippen molar-refractivity contribution in [3.8, 4) is 11.8 Å². The van der Waals surface area contributed by atoms with Gasteiger partial charge in [0, 0.05) is 20.8 Å². The number of anilines is 1. The van der Waals surface area contributed by atoms with Crippen LogP contribution in [0.15, 0.2) is 40.9 Å². The summed E-state index contributed by atoms with van der Waals surface area (Å²) in [6.07, 6.45) is 0.466. The number of ether oxygens (including phenoxy) is 1. The van der Waals surface area contributed by atoms with Crippen molar-refractivity contribution in [3.05, 3.63) is 68.2 Å². The van der Waals surface area contributed by atoms with Crippen molar-refractivity contribution in [2.24, 2.45) is 0 Å². The highest BCUT2D eigenvalue weighted by molar-refractivity contribution is 7.38. The van der Waals surface area contributed by atoms with Gasteiger partial charge in [0.05, 0.1) is 14.5 Å². The second-order valence-electron chi connectivity index (χ2n) is 7.90. The summed E-state index contributed by atoms with van der Waals surface area (Å²) in [7, 11) is 0. The van der Waals surface area contributed by atoms with Crippen LogP contribution < -0.4 is 5.32 Å². The summed E-state index contributed by atoms with van der Waals surface area (Å²) < 4.78 is 11.8. The Morgan fingerprint density at radius 3 is 2.82 bits per heavy atom. The molecule has 3 aromatic heterocycles. The normalized spacial score (nSPS) is 15.0. The number of fused-ring (bicyclic) bond motifs is 1. The number of amides is 1. The molecule has 1 saturated carbocycles. The minimum Gasteiger partial charge on any atom is -0.441 e. The molecule has 1 atom stereocenters. The maximum Gasteiger partial charge on any atom is 0.412 e. The standard InChI is InChI=1S/C24H19ClN2O4S2/c1-13(17-5-3-4-6-18(17)25)30-23(28)26-21-14(2)31-27-19(21)8-7-16-11-15-12-20(24(29)9-10-24)33-22(15)32-16/h3-6,11-13,29H,9-10H2,1-2H3,(H,26,28). The van der Waals surface area contributed by atoms with E-state index in [1.165, 1.54) is 0 Å². The first-order chi connectivity index (χ1) is 15.8. The molecule has 4 aromatic rings. The predicted molar refractivity (Wildman–Crippen MR) is 130 cm³/mol. The Balaban J connectivity index is 1.30. The van der Waals surface area contributed by atoms with Crippen LogP contribution in [0, 0.1) is 18.8 Å². The van der Waals surface area contributed by atoms with Crippen molar-refractivity contribution >= 4 is 55.5 Å². The third kappa shape index (κ3) is 4.50. The number of benzene rings is 1. The Hall–Kier alpha value is -2.83. The van der Waals surface area contributed by atoms with E-state index in [1.54, 1.807) is 42.6 Å². The molecule has 0 spiro atoms. The van der Waals surface area contributed by atoms with Gasteiger partial charge >= 0.3 is 6.09 Å². The highest BCUT2D eigenvalue weighted by Crippen LogP contribution is 2.50. The van der Waals surface area contributed by atoms with E-state index in [0.717, 1.165) is 32.0 Å². The lowest BCUT2D eigenvalue weighted by Crippen LogP contribution is -2.17. The van der Waals surface area contributed by atoms with Gasteiger partial charge in [0.1, 0.15) is 11.8 Å². The lowest BCUT2D eigenvalue weighted by molar-refractivity contribution is 0.121. The number of rotatable bonds is 4. The van der Waals surface area contributed by atoms with Crippen LogP contribution in [0.1, 0.15) is 52.6 Å². The highest BCUT2D eigenvalue weighted by atomic mass is 35.5. The van der Waals surface area contributed by atoms with Crippen LogP contribution in [0.2, 0.25) is 5.02 Å². The Morgan fingerprint density at radius 2 is 2.09 bits per heavy atom. The average molecular weight is 499 g/mol. The summed E-state index contributed by atoms with van der Waals surface area (Å²) >= 11 is 9.36. The number of thiophene rings is 2. The van der Waals surface area contributed by atoms with Gasteiger partial charge in [-0.15, -0.1) is 22.7 Å². The van der Waals surface area contributed by atoms with Gasteiger partial charge in [0.15, 0.2) is 11.5 Å². The number of hydrogen-bond acceptors (Lipinski definition) is 7. The third-order valence-electron chi connectivity index (χ3n) is 5.42. The maximum atomic E-state index is 12.5. The van der Waals surface area contributed by atoms with Crippen LogP contribution in [-0.2, 0) is 10.3 Å². The molecule has 0 saturated heterocycles. The average Bonchev–Trinajstić information content (AvgIpc) is 3.07. The van der Waals surface area contributed by atoms with Gasteiger partial charge in [-0.05, 0) is 56.7 Å². The van der Waals surface area contributed by atoms with Crippen LogP contribution in [0.5, 0.6) is 0 Å². The van der Waals surface area contributed by atoms with E-state index in [4.69, 9.17) is 20.9 Å². The minimum atomic E-state index is -0.654. The largest absolute Gasteiger partial charge is 0.441 e. The van der Waals surface area contributed by atoms with Gasteiger partial charge in [-0.25, -0.2) is 4.79 Å². The smallest absolute Gasteiger partial charge is 0.412 e. The molecule has 6 nitrogen and oxygen atoms in total.